The zero-order chi connectivity index (χ0) is 32.8. The third-order valence-electron chi connectivity index (χ3n) is 10.4. The molecule has 0 N–H and O–H groups in total. The van der Waals surface area contributed by atoms with Crippen LogP contribution in [0.3, 0.4) is 0 Å². The van der Waals surface area contributed by atoms with Crippen molar-refractivity contribution in [3.05, 3.63) is 170 Å². The summed E-state index contributed by atoms with van der Waals surface area (Å²) in [5, 5.41) is 4.74. The molecule has 4 nitrogen and oxygen atoms in total. The van der Waals surface area contributed by atoms with E-state index in [1.165, 1.54) is 49.3 Å². The van der Waals surface area contributed by atoms with Crippen molar-refractivity contribution in [3.63, 3.8) is 0 Å². The summed E-state index contributed by atoms with van der Waals surface area (Å²) in [6.07, 6.45) is 2.04. The predicted octanol–water partition coefficient (Wildman–Crippen LogP) is 11.7. The number of nitrogens with zero attached hydrogens (tertiary/aromatic N) is 4. The molecule has 4 heteroatoms. The van der Waals surface area contributed by atoms with Crippen LogP contribution in [-0.2, 0) is 0 Å². The molecule has 0 bridgehead atoms. The first-order valence-corrected chi connectivity index (χ1v) is 17.0. The van der Waals surface area contributed by atoms with Crippen LogP contribution < -0.4 is 0 Å². The van der Waals surface area contributed by atoms with Gasteiger partial charge in [-0.25, -0.2) is 9.97 Å². The summed E-state index contributed by atoms with van der Waals surface area (Å²) in [6, 6.07) is 58.5. The highest BCUT2D eigenvalue weighted by Crippen LogP contribution is 2.47. The van der Waals surface area contributed by atoms with Crippen LogP contribution in [0.15, 0.2) is 170 Å². The Hall–Kier alpha value is -6.78. The Bertz CT molecular complexity index is 2980. The van der Waals surface area contributed by atoms with Crippen LogP contribution in [0.4, 0.5) is 0 Å². The van der Waals surface area contributed by atoms with Crippen molar-refractivity contribution < 1.29 is 0 Å². The summed E-state index contributed by atoms with van der Waals surface area (Å²) in [5.74, 6) is 0.653. The fraction of sp³-hybridized carbons (Fsp3) is 0. The fourth-order valence-corrected chi connectivity index (χ4v) is 8.28. The van der Waals surface area contributed by atoms with E-state index in [1.54, 1.807) is 0 Å². The largest absolute Gasteiger partial charge is 0.309 e. The molecule has 0 spiro atoms. The predicted molar refractivity (Wildman–Crippen MR) is 206 cm³/mol. The number of hydrogen-bond acceptors (Lipinski definition) is 2. The highest BCUT2D eigenvalue weighted by atomic mass is 15.2. The Morgan fingerprint density at radius 1 is 0.360 bits per heavy atom. The van der Waals surface area contributed by atoms with Gasteiger partial charge in [-0.15, -0.1) is 0 Å². The van der Waals surface area contributed by atoms with Crippen molar-refractivity contribution in [1.29, 1.82) is 0 Å². The molecule has 11 rings (SSSR count). The molecule has 3 heterocycles. The van der Waals surface area contributed by atoms with E-state index in [9.17, 15) is 0 Å². The third-order valence-corrected chi connectivity index (χ3v) is 10.4. The van der Waals surface area contributed by atoms with Gasteiger partial charge in [-0.1, -0.05) is 133 Å². The fourth-order valence-electron chi connectivity index (χ4n) is 8.28. The van der Waals surface area contributed by atoms with Gasteiger partial charge in [-0.05, 0) is 58.1 Å². The van der Waals surface area contributed by atoms with Crippen LogP contribution in [-0.4, -0.2) is 19.1 Å². The van der Waals surface area contributed by atoms with Gasteiger partial charge in [0.15, 0.2) is 0 Å². The summed E-state index contributed by atoms with van der Waals surface area (Å²) in [7, 11) is 0. The standard InChI is InChI=1S/C46H28N4/c1-2-14-29(15-3-1)49-41-25-13-11-23-38(41)43-42(49)27-26-37-35-21-10-12-24-40(35)50(45(37)43)46-47-28-39-34-20-7-6-18-32(34)30-16-4-5-17-31(30)33-19-8-9-22-36(33)44(39)48-46/h1-28H. The summed E-state index contributed by atoms with van der Waals surface area (Å²) in [6.45, 7) is 0. The number of fused-ring (bicyclic) bond motifs is 15. The molecule has 10 aromatic rings. The van der Waals surface area contributed by atoms with Gasteiger partial charge in [0.25, 0.3) is 0 Å². The van der Waals surface area contributed by atoms with Gasteiger partial charge in [0.05, 0.1) is 27.8 Å². The number of benzene rings is 7. The smallest absolute Gasteiger partial charge is 0.235 e. The molecule has 0 saturated heterocycles. The molecular weight excluding hydrogens is 609 g/mol. The lowest BCUT2D eigenvalue weighted by Crippen LogP contribution is -2.06. The zero-order valence-corrected chi connectivity index (χ0v) is 27.0. The third kappa shape index (κ3) is 3.70. The van der Waals surface area contributed by atoms with Crippen LogP contribution in [0, 0.1) is 0 Å². The maximum absolute atomic E-state index is 5.57. The normalized spacial score (nSPS) is 12.0. The van der Waals surface area contributed by atoms with Gasteiger partial charge in [0.1, 0.15) is 0 Å². The van der Waals surface area contributed by atoms with E-state index in [2.05, 4.69) is 173 Å². The second kappa shape index (κ2) is 10.4. The minimum absolute atomic E-state index is 0.653. The van der Waals surface area contributed by atoms with E-state index >= 15 is 0 Å². The quantitative estimate of drug-likeness (QED) is 0.189. The summed E-state index contributed by atoms with van der Waals surface area (Å²) >= 11 is 0. The molecule has 50 heavy (non-hydrogen) atoms. The molecule has 7 aromatic carbocycles. The molecule has 3 aromatic heterocycles. The highest BCUT2D eigenvalue weighted by Gasteiger charge is 2.26. The molecule has 0 atom stereocenters. The van der Waals surface area contributed by atoms with Crippen LogP contribution in [0.2, 0.25) is 0 Å². The lowest BCUT2D eigenvalue weighted by atomic mass is 9.83. The number of para-hydroxylation sites is 3. The molecule has 0 unspecified atom stereocenters. The molecular formula is C46H28N4. The number of aromatic nitrogens is 4. The average Bonchev–Trinajstić information content (AvgIpc) is 3.70. The Morgan fingerprint density at radius 2 is 0.880 bits per heavy atom. The summed E-state index contributed by atoms with van der Waals surface area (Å²) < 4.78 is 4.66. The Kier molecular flexibility index (Phi) is 5.63. The van der Waals surface area contributed by atoms with Gasteiger partial charge in [0.2, 0.25) is 5.95 Å². The Balaban J connectivity index is 1.28. The molecule has 0 amide bonds. The van der Waals surface area contributed by atoms with Crippen molar-refractivity contribution in [2.45, 2.75) is 0 Å². The SMILES string of the molecule is c1ccc(-n2c3ccccc3c3c2ccc2c4ccccc4n(-c4ncc5c(n4)-c4ccccc4-c4ccccc4-c4ccccc4-5)c23)cc1. The van der Waals surface area contributed by atoms with Gasteiger partial charge >= 0.3 is 0 Å². The molecule has 232 valence electrons. The molecule has 1 aliphatic rings. The first-order valence-electron chi connectivity index (χ1n) is 17.0. The van der Waals surface area contributed by atoms with Gasteiger partial charge in [-0.3, -0.25) is 4.57 Å². The van der Waals surface area contributed by atoms with E-state index in [4.69, 9.17) is 9.97 Å². The molecule has 1 aliphatic carbocycles. The lowest BCUT2D eigenvalue weighted by Gasteiger charge is -2.22. The van der Waals surface area contributed by atoms with Crippen LogP contribution >= 0.6 is 0 Å². The van der Waals surface area contributed by atoms with E-state index in [0.717, 1.165) is 44.6 Å². The lowest BCUT2D eigenvalue weighted by molar-refractivity contribution is 0.996. The monoisotopic (exact) mass is 636 g/mol. The van der Waals surface area contributed by atoms with E-state index in [-0.39, 0.29) is 0 Å². The van der Waals surface area contributed by atoms with Crippen LogP contribution in [0.25, 0.3) is 99.9 Å². The Labute approximate surface area is 288 Å². The van der Waals surface area contributed by atoms with Crippen molar-refractivity contribution in [2.75, 3.05) is 0 Å². The van der Waals surface area contributed by atoms with Gasteiger partial charge < -0.3 is 4.57 Å². The maximum Gasteiger partial charge on any atom is 0.235 e. The minimum Gasteiger partial charge on any atom is -0.309 e. The first-order chi connectivity index (χ1) is 24.8. The second-order valence-electron chi connectivity index (χ2n) is 13.0. The van der Waals surface area contributed by atoms with Crippen LogP contribution in [0.5, 0.6) is 0 Å². The average molecular weight is 637 g/mol. The van der Waals surface area contributed by atoms with Crippen molar-refractivity contribution in [3.8, 4) is 56.3 Å². The Morgan fingerprint density at radius 3 is 1.56 bits per heavy atom. The number of hydrogen-bond donors (Lipinski definition) is 0. The molecule has 0 aliphatic heterocycles. The van der Waals surface area contributed by atoms with Crippen molar-refractivity contribution in [1.82, 2.24) is 19.1 Å². The van der Waals surface area contributed by atoms with Crippen LogP contribution in [0.1, 0.15) is 0 Å². The van der Waals surface area contributed by atoms with Crippen molar-refractivity contribution in [2.24, 2.45) is 0 Å². The molecule has 0 radical (unpaired) electrons. The molecule has 0 fully saturated rings. The van der Waals surface area contributed by atoms with E-state index in [0.29, 0.717) is 5.95 Å². The second-order valence-corrected chi connectivity index (χ2v) is 13.0. The van der Waals surface area contributed by atoms with Crippen molar-refractivity contribution >= 4 is 43.6 Å². The minimum atomic E-state index is 0.653. The zero-order valence-electron chi connectivity index (χ0n) is 27.0. The molecule has 0 saturated carbocycles. The van der Waals surface area contributed by atoms with Gasteiger partial charge in [-0.2, -0.15) is 0 Å². The topological polar surface area (TPSA) is 35.6 Å². The summed E-state index contributed by atoms with van der Waals surface area (Å²) in [4.78, 5) is 10.8. The van der Waals surface area contributed by atoms with E-state index < -0.39 is 0 Å². The maximum atomic E-state index is 5.57. The highest BCUT2D eigenvalue weighted by molar-refractivity contribution is 6.26. The first kappa shape index (κ1) is 27.2. The van der Waals surface area contributed by atoms with E-state index in [1.807, 2.05) is 6.20 Å². The van der Waals surface area contributed by atoms with Gasteiger partial charge in [0, 0.05) is 44.6 Å². The summed E-state index contributed by atoms with van der Waals surface area (Å²) in [5.41, 5.74) is 14.6. The number of rotatable bonds is 2.